The number of methoxy groups -OCH3 is 3. The Kier molecular flexibility index (Phi) is 8.42. The van der Waals surface area contributed by atoms with Crippen LogP contribution in [0.1, 0.15) is 24.2 Å². The van der Waals surface area contributed by atoms with Gasteiger partial charge in [0, 0.05) is 19.2 Å². The van der Waals surface area contributed by atoms with Crippen molar-refractivity contribution < 1.29 is 19.3 Å². The van der Waals surface area contributed by atoms with Gasteiger partial charge in [-0.05, 0) is 42.3 Å². The molecule has 2 rings (SSSR count). The molecule has 152 valence electrons. The van der Waals surface area contributed by atoms with Crippen LogP contribution in [0.25, 0.3) is 0 Å². The van der Waals surface area contributed by atoms with Gasteiger partial charge >= 0.3 is 0 Å². The maximum atomic E-state index is 10.6. The molecule has 0 heterocycles. The van der Waals surface area contributed by atoms with Crippen LogP contribution in [0.5, 0.6) is 17.2 Å². The van der Waals surface area contributed by atoms with Crippen molar-refractivity contribution in [2.24, 2.45) is 4.99 Å². The normalized spacial score (nSPS) is 12.2. The van der Waals surface area contributed by atoms with Gasteiger partial charge in [-0.1, -0.05) is 12.1 Å². The van der Waals surface area contributed by atoms with Crippen molar-refractivity contribution >= 4 is 5.96 Å². The van der Waals surface area contributed by atoms with E-state index in [0.29, 0.717) is 36.1 Å². The van der Waals surface area contributed by atoms with E-state index in [1.54, 1.807) is 39.5 Å². The lowest BCUT2D eigenvalue weighted by molar-refractivity contribution is 0.180. The highest BCUT2D eigenvalue weighted by atomic mass is 16.5. The molecule has 0 spiro atoms. The molecule has 2 aromatic rings. The van der Waals surface area contributed by atoms with Gasteiger partial charge in [0.15, 0.2) is 5.96 Å². The van der Waals surface area contributed by atoms with E-state index in [2.05, 4.69) is 15.6 Å². The largest absolute Gasteiger partial charge is 0.497 e. The van der Waals surface area contributed by atoms with Gasteiger partial charge < -0.3 is 30.0 Å². The zero-order valence-electron chi connectivity index (χ0n) is 16.9. The Bertz CT molecular complexity index is 740. The Hall–Kier alpha value is -2.93. The van der Waals surface area contributed by atoms with Crippen molar-refractivity contribution in [3.8, 4) is 17.2 Å². The third-order valence-electron chi connectivity index (χ3n) is 4.14. The molecule has 0 aliphatic rings. The summed E-state index contributed by atoms with van der Waals surface area (Å²) in [5.41, 5.74) is 1.77. The fourth-order valence-corrected chi connectivity index (χ4v) is 2.58. The Labute approximate surface area is 166 Å². The summed E-state index contributed by atoms with van der Waals surface area (Å²) < 4.78 is 15.7. The summed E-state index contributed by atoms with van der Waals surface area (Å²) in [6.45, 7) is 3.53. The highest BCUT2D eigenvalue weighted by Crippen LogP contribution is 2.26. The van der Waals surface area contributed by atoms with Gasteiger partial charge in [0.1, 0.15) is 17.2 Å². The fourth-order valence-electron chi connectivity index (χ4n) is 2.58. The van der Waals surface area contributed by atoms with Gasteiger partial charge in [-0.3, -0.25) is 0 Å². The van der Waals surface area contributed by atoms with Gasteiger partial charge in [-0.2, -0.15) is 0 Å². The lowest BCUT2D eigenvalue weighted by Crippen LogP contribution is -2.39. The Morgan fingerprint density at radius 2 is 1.54 bits per heavy atom. The van der Waals surface area contributed by atoms with Crippen LogP contribution in [0.2, 0.25) is 0 Å². The second kappa shape index (κ2) is 11.0. The fraction of sp³-hybridized carbons (Fsp3) is 0.381. The van der Waals surface area contributed by atoms with E-state index in [1.165, 1.54) is 0 Å². The van der Waals surface area contributed by atoms with Crippen LogP contribution < -0.4 is 24.8 Å². The summed E-state index contributed by atoms with van der Waals surface area (Å²) in [4.78, 5) is 4.57. The molecule has 2 aromatic carbocycles. The summed E-state index contributed by atoms with van der Waals surface area (Å²) >= 11 is 0. The molecular weight excluding hydrogens is 358 g/mol. The molecule has 3 N–H and O–H groups in total. The monoisotopic (exact) mass is 387 g/mol. The summed E-state index contributed by atoms with van der Waals surface area (Å²) in [6.07, 6.45) is -0.742. The number of aliphatic hydroxyl groups excluding tert-OH is 1. The zero-order valence-corrected chi connectivity index (χ0v) is 16.9. The first-order chi connectivity index (χ1) is 13.6. The van der Waals surface area contributed by atoms with E-state index < -0.39 is 6.10 Å². The summed E-state index contributed by atoms with van der Waals surface area (Å²) in [6, 6.07) is 13.1. The maximum absolute atomic E-state index is 10.6. The summed E-state index contributed by atoms with van der Waals surface area (Å²) in [7, 11) is 4.81. The maximum Gasteiger partial charge on any atom is 0.191 e. The molecule has 0 aliphatic heterocycles. The van der Waals surface area contributed by atoms with Crippen molar-refractivity contribution in [1.29, 1.82) is 0 Å². The van der Waals surface area contributed by atoms with Crippen LogP contribution in [-0.4, -0.2) is 45.5 Å². The highest BCUT2D eigenvalue weighted by molar-refractivity contribution is 5.79. The molecule has 7 heteroatoms. The number of hydrogen-bond acceptors (Lipinski definition) is 5. The smallest absolute Gasteiger partial charge is 0.191 e. The second-order valence-corrected chi connectivity index (χ2v) is 6.09. The SMILES string of the molecule is CCNC(=NCc1ccc(OC)cc1)NCC(O)c1cc(OC)cc(OC)c1. The number of nitrogens with zero attached hydrogens (tertiary/aromatic N) is 1. The lowest BCUT2D eigenvalue weighted by atomic mass is 10.1. The lowest BCUT2D eigenvalue weighted by Gasteiger charge is -2.17. The first-order valence-corrected chi connectivity index (χ1v) is 9.15. The molecule has 0 bridgehead atoms. The van der Waals surface area contributed by atoms with Crippen LogP contribution in [0.15, 0.2) is 47.5 Å². The Morgan fingerprint density at radius 3 is 2.07 bits per heavy atom. The van der Waals surface area contributed by atoms with Gasteiger partial charge in [0.25, 0.3) is 0 Å². The van der Waals surface area contributed by atoms with E-state index in [-0.39, 0.29) is 0 Å². The molecule has 0 aromatic heterocycles. The van der Waals surface area contributed by atoms with E-state index in [0.717, 1.165) is 17.9 Å². The minimum absolute atomic E-state index is 0.296. The molecule has 0 saturated carbocycles. The molecule has 7 nitrogen and oxygen atoms in total. The number of aliphatic imine (C=N–C) groups is 1. The number of ether oxygens (including phenoxy) is 3. The Morgan fingerprint density at radius 1 is 0.929 bits per heavy atom. The van der Waals surface area contributed by atoms with Gasteiger partial charge in [0.2, 0.25) is 0 Å². The molecule has 0 amide bonds. The summed E-state index contributed by atoms with van der Waals surface area (Å²) in [5, 5.41) is 16.9. The van der Waals surface area contributed by atoms with E-state index >= 15 is 0 Å². The highest BCUT2D eigenvalue weighted by Gasteiger charge is 2.12. The molecule has 0 aliphatic carbocycles. The standard InChI is InChI=1S/C21H29N3O4/c1-5-22-21(23-13-15-6-8-17(26-2)9-7-15)24-14-20(25)16-10-18(27-3)12-19(11-16)28-4/h6-12,20,25H,5,13-14H2,1-4H3,(H2,22,23,24). The van der Waals surface area contributed by atoms with E-state index in [4.69, 9.17) is 14.2 Å². The first-order valence-electron chi connectivity index (χ1n) is 9.15. The van der Waals surface area contributed by atoms with Gasteiger partial charge in [-0.15, -0.1) is 0 Å². The molecular formula is C21H29N3O4. The molecule has 0 saturated heterocycles. The predicted octanol–water partition coefficient (Wildman–Crippen LogP) is 2.50. The zero-order chi connectivity index (χ0) is 20.4. The number of rotatable bonds is 9. The number of aliphatic hydroxyl groups is 1. The number of guanidine groups is 1. The van der Waals surface area contributed by atoms with Gasteiger partial charge in [-0.25, -0.2) is 4.99 Å². The minimum atomic E-state index is -0.742. The summed E-state index contributed by atoms with van der Waals surface area (Å²) in [5.74, 6) is 2.71. The average Bonchev–Trinajstić information content (AvgIpc) is 2.75. The van der Waals surface area contributed by atoms with E-state index in [1.807, 2.05) is 31.2 Å². The van der Waals surface area contributed by atoms with Gasteiger partial charge in [0.05, 0.1) is 34.0 Å². The average molecular weight is 387 g/mol. The van der Waals surface area contributed by atoms with Crippen molar-refractivity contribution in [2.75, 3.05) is 34.4 Å². The van der Waals surface area contributed by atoms with Crippen LogP contribution in [0, 0.1) is 0 Å². The van der Waals surface area contributed by atoms with Crippen LogP contribution >= 0.6 is 0 Å². The molecule has 1 unspecified atom stereocenters. The van der Waals surface area contributed by atoms with Crippen LogP contribution in [-0.2, 0) is 6.54 Å². The molecule has 0 radical (unpaired) electrons. The van der Waals surface area contributed by atoms with Crippen molar-refractivity contribution in [2.45, 2.75) is 19.6 Å². The van der Waals surface area contributed by atoms with E-state index in [9.17, 15) is 5.11 Å². The molecule has 0 fully saturated rings. The topological polar surface area (TPSA) is 84.3 Å². The molecule has 28 heavy (non-hydrogen) atoms. The van der Waals surface area contributed by atoms with Crippen LogP contribution in [0.3, 0.4) is 0 Å². The van der Waals surface area contributed by atoms with Crippen molar-refractivity contribution in [3.63, 3.8) is 0 Å². The predicted molar refractivity (Wildman–Crippen MR) is 110 cm³/mol. The first kappa shape index (κ1) is 21.4. The number of hydrogen-bond donors (Lipinski definition) is 3. The number of benzene rings is 2. The molecule has 1 atom stereocenters. The minimum Gasteiger partial charge on any atom is -0.497 e. The quantitative estimate of drug-likeness (QED) is 0.453. The number of nitrogens with one attached hydrogen (secondary N) is 2. The third kappa shape index (κ3) is 6.35. The van der Waals surface area contributed by atoms with Crippen LogP contribution in [0.4, 0.5) is 0 Å². The Balaban J connectivity index is 2.01. The second-order valence-electron chi connectivity index (χ2n) is 6.09. The van der Waals surface area contributed by atoms with Crippen molar-refractivity contribution in [1.82, 2.24) is 10.6 Å². The van der Waals surface area contributed by atoms with Crippen molar-refractivity contribution in [3.05, 3.63) is 53.6 Å². The third-order valence-corrected chi connectivity index (χ3v) is 4.14.